The predicted molar refractivity (Wildman–Crippen MR) is 103 cm³/mol. The molecule has 27 heavy (non-hydrogen) atoms. The standard InChI is InChI=1S/C22H24N2O3/c25-24(26)17-6-8-20-19(14-17)22-11-13-23(12-10-16-4-2-1-3-5-16)18(15-22)7-9-21(22)27-20/h1-6,8,14,18,21H,7,9-13,15H2/t18-,21-,22+/m1/s1. The molecule has 0 amide bonds. The minimum absolute atomic E-state index is 0.0342. The number of non-ortho nitro benzene ring substituents is 1. The first-order valence-electron chi connectivity index (χ1n) is 9.89. The number of likely N-dealkylation sites (tertiary alicyclic amines) is 1. The molecule has 0 unspecified atom stereocenters. The molecular formula is C22H24N2O3. The van der Waals surface area contributed by atoms with E-state index in [0.717, 1.165) is 56.5 Å². The summed E-state index contributed by atoms with van der Waals surface area (Å²) in [5, 5.41) is 11.3. The van der Waals surface area contributed by atoms with Crippen molar-refractivity contribution in [3.05, 3.63) is 69.8 Å². The van der Waals surface area contributed by atoms with Crippen LogP contribution in [0, 0.1) is 10.1 Å². The van der Waals surface area contributed by atoms with Gasteiger partial charge in [-0.2, -0.15) is 0 Å². The van der Waals surface area contributed by atoms with E-state index in [0.29, 0.717) is 6.04 Å². The molecule has 1 saturated heterocycles. The van der Waals surface area contributed by atoms with Crippen molar-refractivity contribution in [3.63, 3.8) is 0 Å². The van der Waals surface area contributed by atoms with E-state index in [2.05, 4.69) is 35.2 Å². The molecule has 5 heteroatoms. The molecule has 1 aliphatic carbocycles. The van der Waals surface area contributed by atoms with E-state index in [1.54, 1.807) is 18.2 Å². The number of hydrogen-bond acceptors (Lipinski definition) is 4. The molecule has 3 aliphatic rings. The number of nitrogens with zero attached hydrogens (tertiary/aromatic N) is 2. The summed E-state index contributed by atoms with van der Waals surface area (Å²) in [6, 6.07) is 16.4. The summed E-state index contributed by atoms with van der Waals surface area (Å²) in [5.41, 5.74) is 2.61. The van der Waals surface area contributed by atoms with Crippen LogP contribution in [0.25, 0.3) is 0 Å². The molecule has 0 radical (unpaired) electrons. The number of piperidine rings is 1. The summed E-state index contributed by atoms with van der Waals surface area (Å²) in [7, 11) is 0. The van der Waals surface area contributed by atoms with Gasteiger partial charge in [0.1, 0.15) is 11.9 Å². The highest BCUT2D eigenvalue weighted by Crippen LogP contribution is 2.55. The van der Waals surface area contributed by atoms with E-state index in [-0.39, 0.29) is 22.1 Å². The van der Waals surface area contributed by atoms with Gasteiger partial charge in [-0.3, -0.25) is 15.0 Å². The van der Waals surface area contributed by atoms with Crippen molar-refractivity contribution in [3.8, 4) is 5.75 Å². The molecule has 1 saturated carbocycles. The fourth-order valence-electron chi connectivity index (χ4n) is 5.45. The molecule has 5 nitrogen and oxygen atoms in total. The molecule has 5 rings (SSSR count). The summed E-state index contributed by atoms with van der Waals surface area (Å²) in [6.45, 7) is 2.12. The Kier molecular flexibility index (Phi) is 3.93. The normalized spacial score (nSPS) is 28.9. The van der Waals surface area contributed by atoms with Crippen LogP contribution < -0.4 is 4.74 Å². The van der Waals surface area contributed by atoms with E-state index in [9.17, 15) is 10.1 Å². The van der Waals surface area contributed by atoms with Crippen LogP contribution in [0.3, 0.4) is 0 Å². The maximum atomic E-state index is 11.3. The second-order valence-corrected chi connectivity index (χ2v) is 8.16. The smallest absolute Gasteiger partial charge is 0.269 e. The molecular weight excluding hydrogens is 340 g/mol. The second-order valence-electron chi connectivity index (χ2n) is 8.16. The van der Waals surface area contributed by atoms with Gasteiger partial charge in [-0.05, 0) is 50.3 Å². The molecule has 3 atom stereocenters. The molecule has 0 aromatic heterocycles. The van der Waals surface area contributed by atoms with Crippen LogP contribution in [-0.4, -0.2) is 35.1 Å². The van der Waals surface area contributed by atoms with Crippen LogP contribution in [0.15, 0.2) is 48.5 Å². The minimum atomic E-state index is -0.292. The summed E-state index contributed by atoms with van der Waals surface area (Å²) in [5.74, 6) is 0.865. The van der Waals surface area contributed by atoms with Crippen LogP contribution in [0.4, 0.5) is 5.69 Å². The Balaban J connectivity index is 1.37. The van der Waals surface area contributed by atoms with Crippen molar-refractivity contribution in [1.29, 1.82) is 0 Å². The number of nitro benzene ring substituents is 1. The van der Waals surface area contributed by atoms with Crippen LogP contribution in [0.1, 0.15) is 36.8 Å². The second kappa shape index (κ2) is 6.34. The van der Waals surface area contributed by atoms with Crippen molar-refractivity contribution in [1.82, 2.24) is 4.90 Å². The van der Waals surface area contributed by atoms with Gasteiger partial charge in [0.15, 0.2) is 0 Å². The zero-order valence-electron chi connectivity index (χ0n) is 15.3. The largest absolute Gasteiger partial charge is 0.489 e. The Morgan fingerprint density at radius 1 is 1.19 bits per heavy atom. The van der Waals surface area contributed by atoms with Gasteiger partial charge in [0, 0.05) is 35.7 Å². The fourth-order valence-corrected chi connectivity index (χ4v) is 5.45. The van der Waals surface area contributed by atoms with Gasteiger partial charge in [-0.1, -0.05) is 30.3 Å². The third-order valence-electron chi connectivity index (χ3n) is 6.85. The molecule has 140 valence electrons. The van der Waals surface area contributed by atoms with Gasteiger partial charge >= 0.3 is 0 Å². The lowest BCUT2D eigenvalue weighted by Gasteiger charge is -2.51. The van der Waals surface area contributed by atoms with Gasteiger partial charge in [-0.25, -0.2) is 0 Å². The summed E-state index contributed by atoms with van der Waals surface area (Å²) >= 11 is 0. The third kappa shape index (κ3) is 2.72. The summed E-state index contributed by atoms with van der Waals surface area (Å²) < 4.78 is 6.25. The van der Waals surface area contributed by atoms with E-state index in [1.807, 2.05) is 0 Å². The first-order valence-corrected chi connectivity index (χ1v) is 9.89. The summed E-state index contributed by atoms with van der Waals surface area (Å²) in [4.78, 5) is 13.6. The molecule has 2 bridgehead atoms. The van der Waals surface area contributed by atoms with Crippen LogP contribution >= 0.6 is 0 Å². The van der Waals surface area contributed by atoms with E-state index >= 15 is 0 Å². The lowest BCUT2D eigenvalue weighted by Crippen LogP contribution is -2.57. The zero-order valence-corrected chi connectivity index (χ0v) is 15.3. The lowest BCUT2D eigenvalue weighted by atomic mass is 9.62. The van der Waals surface area contributed by atoms with Gasteiger partial charge in [0.05, 0.1) is 4.92 Å². The topological polar surface area (TPSA) is 55.6 Å². The van der Waals surface area contributed by atoms with Crippen molar-refractivity contribution < 1.29 is 9.66 Å². The number of fused-ring (bicyclic) bond motifs is 2. The van der Waals surface area contributed by atoms with Crippen molar-refractivity contribution >= 4 is 5.69 Å². The van der Waals surface area contributed by atoms with Crippen LogP contribution in [0.2, 0.25) is 0 Å². The average Bonchev–Trinajstić information content (AvgIpc) is 3.00. The predicted octanol–water partition coefficient (Wildman–Crippen LogP) is 4.09. The Morgan fingerprint density at radius 3 is 2.85 bits per heavy atom. The highest BCUT2D eigenvalue weighted by atomic mass is 16.6. The van der Waals surface area contributed by atoms with Gasteiger partial charge in [0.2, 0.25) is 0 Å². The number of hydrogen-bond donors (Lipinski definition) is 0. The summed E-state index contributed by atoms with van der Waals surface area (Å²) in [6.07, 6.45) is 5.53. The first-order chi connectivity index (χ1) is 13.2. The fraction of sp³-hybridized carbons (Fsp3) is 0.455. The molecule has 2 heterocycles. The molecule has 2 aliphatic heterocycles. The van der Waals surface area contributed by atoms with E-state index in [4.69, 9.17) is 4.74 Å². The Bertz CT molecular complexity index is 869. The molecule has 2 fully saturated rings. The Hall–Kier alpha value is -2.40. The number of benzene rings is 2. The zero-order chi connectivity index (χ0) is 18.4. The number of nitro groups is 1. The maximum Gasteiger partial charge on any atom is 0.269 e. The lowest BCUT2D eigenvalue weighted by molar-refractivity contribution is -0.385. The van der Waals surface area contributed by atoms with Crippen molar-refractivity contribution in [2.75, 3.05) is 13.1 Å². The van der Waals surface area contributed by atoms with Crippen LogP contribution in [0.5, 0.6) is 5.75 Å². The highest BCUT2D eigenvalue weighted by molar-refractivity contribution is 5.52. The number of rotatable bonds is 4. The first kappa shape index (κ1) is 16.8. The van der Waals surface area contributed by atoms with Crippen molar-refractivity contribution in [2.45, 2.75) is 49.7 Å². The van der Waals surface area contributed by atoms with Crippen LogP contribution in [-0.2, 0) is 11.8 Å². The average molecular weight is 364 g/mol. The van der Waals surface area contributed by atoms with Gasteiger partial charge in [-0.15, -0.1) is 0 Å². The number of ether oxygens (including phenoxy) is 1. The van der Waals surface area contributed by atoms with Gasteiger partial charge < -0.3 is 4.74 Å². The SMILES string of the molecule is O=[N+]([O-])c1ccc2c(c1)[C@@]13CCN(CCc4ccccc4)[C@H](CC[C@H]1O2)C3. The maximum absolute atomic E-state index is 11.3. The van der Waals surface area contributed by atoms with E-state index in [1.165, 1.54) is 5.56 Å². The quantitative estimate of drug-likeness (QED) is 0.606. The monoisotopic (exact) mass is 364 g/mol. The Morgan fingerprint density at radius 2 is 2.04 bits per heavy atom. The third-order valence-corrected chi connectivity index (χ3v) is 6.85. The molecule has 1 spiro atoms. The Labute approximate surface area is 159 Å². The van der Waals surface area contributed by atoms with Gasteiger partial charge in [0.25, 0.3) is 5.69 Å². The highest BCUT2D eigenvalue weighted by Gasteiger charge is 2.55. The minimum Gasteiger partial charge on any atom is -0.489 e. The molecule has 2 aromatic carbocycles. The molecule has 0 N–H and O–H groups in total. The van der Waals surface area contributed by atoms with E-state index < -0.39 is 0 Å². The van der Waals surface area contributed by atoms with Crippen molar-refractivity contribution in [2.24, 2.45) is 0 Å². The molecule has 2 aromatic rings.